The van der Waals surface area contributed by atoms with Crippen molar-refractivity contribution in [2.45, 2.75) is 20.4 Å². The predicted molar refractivity (Wildman–Crippen MR) is 106 cm³/mol. The van der Waals surface area contributed by atoms with Crippen molar-refractivity contribution in [3.8, 4) is 0 Å². The Kier molecular flexibility index (Phi) is 7.21. The number of amides is 1. The van der Waals surface area contributed by atoms with Crippen LogP contribution in [0.25, 0.3) is 0 Å². The van der Waals surface area contributed by atoms with E-state index in [0.717, 1.165) is 83.2 Å². The van der Waals surface area contributed by atoms with Crippen LogP contribution in [-0.4, -0.2) is 107 Å². The molecule has 0 aromatic carbocycles. The smallest absolute Gasteiger partial charge is 0.219 e. The van der Waals surface area contributed by atoms with Gasteiger partial charge < -0.3 is 24.4 Å². The molecule has 0 bridgehead atoms. The molecule has 2 aliphatic heterocycles. The largest absolute Gasteiger partial charge is 0.379 e. The summed E-state index contributed by atoms with van der Waals surface area (Å²) in [7, 11) is 1.96. The Labute approximate surface area is 166 Å². The first-order valence-electron chi connectivity index (χ1n) is 9.98. The molecule has 28 heavy (non-hydrogen) atoms. The van der Waals surface area contributed by atoms with Crippen LogP contribution in [0.5, 0.6) is 0 Å². The van der Waals surface area contributed by atoms with E-state index in [9.17, 15) is 4.79 Å². The zero-order valence-corrected chi connectivity index (χ0v) is 17.2. The molecular weight excluding hydrogens is 360 g/mol. The van der Waals surface area contributed by atoms with Gasteiger partial charge in [-0.15, -0.1) is 10.2 Å². The van der Waals surface area contributed by atoms with E-state index in [1.54, 1.807) is 6.92 Å². The molecule has 1 aromatic rings. The minimum absolute atomic E-state index is 0.132. The maximum absolute atomic E-state index is 11.6. The van der Waals surface area contributed by atoms with E-state index in [4.69, 9.17) is 9.73 Å². The van der Waals surface area contributed by atoms with Gasteiger partial charge in [0, 0.05) is 66.3 Å². The molecular formula is C18H32N8O2. The van der Waals surface area contributed by atoms with E-state index in [0.29, 0.717) is 6.54 Å². The van der Waals surface area contributed by atoms with Gasteiger partial charge in [0.15, 0.2) is 11.8 Å². The number of ether oxygens (including phenoxy) is 1. The third-order valence-electron chi connectivity index (χ3n) is 5.39. The summed E-state index contributed by atoms with van der Waals surface area (Å²) >= 11 is 0. The maximum Gasteiger partial charge on any atom is 0.219 e. The van der Waals surface area contributed by atoms with Crippen LogP contribution in [0.3, 0.4) is 0 Å². The lowest BCUT2D eigenvalue weighted by atomic mass is 10.3. The van der Waals surface area contributed by atoms with Crippen LogP contribution in [0.4, 0.5) is 0 Å². The summed E-state index contributed by atoms with van der Waals surface area (Å²) in [5, 5.41) is 11.8. The van der Waals surface area contributed by atoms with Crippen molar-refractivity contribution in [1.29, 1.82) is 0 Å². The Morgan fingerprint density at radius 3 is 2.39 bits per heavy atom. The van der Waals surface area contributed by atoms with Crippen molar-refractivity contribution in [1.82, 2.24) is 34.8 Å². The van der Waals surface area contributed by atoms with Crippen molar-refractivity contribution < 1.29 is 9.53 Å². The van der Waals surface area contributed by atoms with E-state index in [1.165, 1.54) is 0 Å². The van der Waals surface area contributed by atoms with Crippen LogP contribution >= 0.6 is 0 Å². The lowest BCUT2D eigenvalue weighted by molar-refractivity contribution is -0.130. The number of aliphatic imine (C=N–C) groups is 1. The van der Waals surface area contributed by atoms with Gasteiger partial charge >= 0.3 is 0 Å². The molecule has 2 saturated heterocycles. The molecule has 10 heteroatoms. The Bertz CT molecular complexity index is 675. The van der Waals surface area contributed by atoms with Gasteiger partial charge in [-0.05, 0) is 6.92 Å². The SMILES string of the molecule is CC(=O)N1CCN(C(=NCc2nnc(C)n2C)NCCN2CCOCC2)CC1. The first-order valence-corrected chi connectivity index (χ1v) is 9.98. The molecule has 3 rings (SSSR count). The van der Waals surface area contributed by atoms with Gasteiger partial charge in [-0.1, -0.05) is 0 Å². The molecule has 156 valence electrons. The Morgan fingerprint density at radius 2 is 1.79 bits per heavy atom. The fourth-order valence-electron chi connectivity index (χ4n) is 3.39. The number of guanidine groups is 1. The molecule has 0 spiro atoms. The van der Waals surface area contributed by atoms with Crippen LogP contribution in [-0.2, 0) is 23.1 Å². The molecule has 1 N–H and O–H groups in total. The number of nitrogens with one attached hydrogen (secondary N) is 1. The number of morpholine rings is 1. The van der Waals surface area contributed by atoms with Crippen molar-refractivity contribution in [2.24, 2.45) is 12.0 Å². The monoisotopic (exact) mass is 392 g/mol. The first-order chi connectivity index (χ1) is 13.5. The van der Waals surface area contributed by atoms with E-state index in [2.05, 4.69) is 25.3 Å². The van der Waals surface area contributed by atoms with Crippen LogP contribution in [0, 0.1) is 6.92 Å². The number of aryl methyl sites for hydroxylation is 1. The molecule has 1 aromatic heterocycles. The molecule has 0 unspecified atom stereocenters. The van der Waals surface area contributed by atoms with E-state index >= 15 is 0 Å². The van der Waals surface area contributed by atoms with Crippen molar-refractivity contribution in [3.05, 3.63) is 11.6 Å². The van der Waals surface area contributed by atoms with Gasteiger partial charge in [0.1, 0.15) is 12.4 Å². The summed E-state index contributed by atoms with van der Waals surface area (Å²) < 4.78 is 7.37. The van der Waals surface area contributed by atoms with Crippen LogP contribution in [0.2, 0.25) is 0 Å². The van der Waals surface area contributed by atoms with Crippen molar-refractivity contribution in [3.63, 3.8) is 0 Å². The number of rotatable bonds is 5. The van der Waals surface area contributed by atoms with Gasteiger partial charge in [-0.25, -0.2) is 4.99 Å². The van der Waals surface area contributed by atoms with Gasteiger partial charge in [-0.2, -0.15) is 0 Å². The van der Waals surface area contributed by atoms with Crippen LogP contribution in [0.15, 0.2) is 4.99 Å². The van der Waals surface area contributed by atoms with Gasteiger partial charge in [-0.3, -0.25) is 9.69 Å². The Hall–Kier alpha value is -2.20. The second-order valence-electron chi connectivity index (χ2n) is 7.24. The summed E-state index contributed by atoms with van der Waals surface area (Å²) in [6, 6.07) is 0. The predicted octanol–water partition coefficient (Wildman–Crippen LogP) is -0.935. The van der Waals surface area contributed by atoms with Crippen molar-refractivity contribution >= 4 is 11.9 Å². The van der Waals surface area contributed by atoms with E-state index in [1.807, 2.05) is 23.4 Å². The highest BCUT2D eigenvalue weighted by molar-refractivity contribution is 5.80. The van der Waals surface area contributed by atoms with Crippen LogP contribution in [0.1, 0.15) is 18.6 Å². The minimum atomic E-state index is 0.132. The molecule has 1 amide bonds. The molecule has 2 aliphatic rings. The number of hydrogen-bond acceptors (Lipinski definition) is 6. The zero-order chi connectivity index (χ0) is 19.9. The Morgan fingerprint density at radius 1 is 1.11 bits per heavy atom. The van der Waals surface area contributed by atoms with Gasteiger partial charge in [0.05, 0.1) is 13.2 Å². The fraction of sp³-hybridized carbons (Fsp3) is 0.778. The summed E-state index contributed by atoms with van der Waals surface area (Å²) in [6.45, 7) is 12.4. The fourth-order valence-corrected chi connectivity index (χ4v) is 3.39. The normalized spacial score (nSPS) is 19.2. The number of carbonyl (C=O) groups excluding carboxylic acids is 1. The summed E-state index contributed by atoms with van der Waals surface area (Å²) in [6.07, 6.45) is 0. The highest BCUT2D eigenvalue weighted by Gasteiger charge is 2.21. The third kappa shape index (κ3) is 5.41. The van der Waals surface area contributed by atoms with Gasteiger partial charge in [0.25, 0.3) is 0 Å². The van der Waals surface area contributed by atoms with Crippen molar-refractivity contribution in [2.75, 3.05) is 65.6 Å². The standard InChI is InChI=1S/C18H32N8O2/c1-15-21-22-17(23(15)3)14-20-18(19-4-5-24-10-12-28-13-11-24)26-8-6-25(7-9-26)16(2)27/h4-14H2,1-3H3,(H,19,20). The average Bonchev–Trinajstić information content (AvgIpc) is 3.03. The first kappa shape index (κ1) is 20.5. The van der Waals surface area contributed by atoms with E-state index in [-0.39, 0.29) is 5.91 Å². The summed E-state index contributed by atoms with van der Waals surface area (Å²) in [4.78, 5) is 22.9. The number of carbonyl (C=O) groups is 1. The Balaban J connectivity index is 1.60. The number of hydrogen-bond donors (Lipinski definition) is 1. The molecule has 0 radical (unpaired) electrons. The topological polar surface area (TPSA) is 91.1 Å². The summed E-state index contributed by atoms with van der Waals surface area (Å²) in [5.74, 6) is 2.72. The third-order valence-corrected chi connectivity index (χ3v) is 5.39. The molecule has 0 saturated carbocycles. The van der Waals surface area contributed by atoms with Crippen LogP contribution < -0.4 is 5.32 Å². The molecule has 2 fully saturated rings. The second kappa shape index (κ2) is 9.83. The quantitative estimate of drug-likeness (QED) is 0.511. The average molecular weight is 393 g/mol. The molecule has 10 nitrogen and oxygen atoms in total. The highest BCUT2D eigenvalue weighted by Crippen LogP contribution is 2.05. The number of aromatic nitrogens is 3. The zero-order valence-electron chi connectivity index (χ0n) is 17.2. The lowest BCUT2D eigenvalue weighted by Gasteiger charge is -2.36. The highest BCUT2D eigenvalue weighted by atomic mass is 16.5. The lowest BCUT2D eigenvalue weighted by Crippen LogP contribution is -2.54. The number of nitrogens with zero attached hydrogens (tertiary/aromatic N) is 7. The molecule has 3 heterocycles. The van der Waals surface area contributed by atoms with Gasteiger partial charge in [0.2, 0.25) is 5.91 Å². The minimum Gasteiger partial charge on any atom is -0.379 e. The van der Waals surface area contributed by atoms with E-state index < -0.39 is 0 Å². The molecule has 0 atom stereocenters. The second-order valence-corrected chi connectivity index (χ2v) is 7.24. The maximum atomic E-state index is 11.6. The summed E-state index contributed by atoms with van der Waals surface area (Å²) in [5.41, 5.74) is 0. The number of piperazine rings is 1. The molecule has 0 aliphatic carbocycles.